The van der Waals surface area contributed by atoms with E-state index in [2.05, 4.69) is 30.8 Å². The van der Waals surface area contributed by atoms with Crippen LogP contribution in [0, 0.1) is 0 Å². The molecule has 0 aliphatic carbocycles. The van der Waals surface area contributed by atoms with Crippen molar-refractivity contribution in [3.63, 3.8) is 0 Å². The van der Waals surface area contributed by atoms with Crippen LogP contribution in [0.4, 0.5) is 16.3 Å². The second kappa shape index (κ2) is 9.29. The van der Waals surface area contributed by atoms with Crippen LogP contribution in [0.2, 0.25) is 0 Å². The van der Waals surface area contributed by atoms with Crippen LogP contribution in [0.1, 0.15) is 36.8 Å². The molecule has 35 heavy (non-hydrogen) atoms. The SMILES string of the molecule is COc1cc2nccc(Oc3ccc(NC(=O)Nc4cc(C(C)(C)C)n[nH]4)cn3)c2cc1C(N)=O. The molecule has 0 aliphatic rings. The third kappa shape index (κ3) is 5.29. The summed E-state index contributed by atoms with van der Waals surface area (Å²) in [5.74, 6) is 0.890. The van der Waals surface area contributed by atoms with Gasteiger partial charge in [-0.1, -0.05) is 20.8 Å². The number of carbonyl (C=O) groups is 2. The molecule has 0 spiro atoms. The predicted octanol–water partition coefficient (Wildman–Crippen LogP) is 4.19. The van der Waals surface area contributed by atoms with Crippen molar-refractivity contribution in [2.45, 2.75) is 26.2 Å². The van der Waals surface area contributed by atoms with Crippen molar-refractivity contribution in [1.29, 1.82) is 0 Å². The van der Waals surface area contributed by atoms with Crippen LogP contribution in [0.5, 0.6) is 17.4 Å². The van der Waals surface area contributed by atoms with Crippen molar-refractivity contribution in [3.05, 3.63) is 60.0 Å². The highest BCUT2D eigenvalue weighted by atomic mass is 16.5. The molecule has 4 aromatic rings. The van der Waals surface area contributed by atoms with E-state index in [0.717, 1.165) is 5.69 Å². The van der Waals surface area contributed by atoms with Crippen LogP contribution in [-0.2, 0) is 5.41 Å². The van der Waals surface area contributed by atoms with Crippen LogP contribution in [-0.4, -0.2) is 39.2 Å². The Labute approximate surface area is 201 Å². The summed E-state index contributed by atoms with van der Waals surface area (Å²) < 4.78 is 11.1. The molecule has 3 amide bonds. The molecule has 11 nitrogen and oxygen atoms in total. The number of benzene rings is 1. The smallest absolute Gasteiger partial charge is 0.324 e. The van der Waals surface area contributed by atoms with Gasteiger partial charge >= 0.3 is 6.03 Å². The summed E-state index contributed by atoms with van der Waals surface area (Å²) in [5, 5.41) is 13.0. The molecule has 180 valence electrons. The summed E-state index contributed by atoms with van der Waals surface area (Å²) >= 11 is 0. The Morgan fingerprint density at radius 1 is 1.03 bits per heavy atom. The number of hydrogen-bond acceptors (Lipinski definition) is 7. The molecule has 0 atom stereocenters. The molecule has 5 N–H and O–H groups in total. The fourth-order valence-electron chi connectivity index (χ4n) is 3.28. The normalized spacial score (nSPS) is 11.2. The number of rotatable bonds is 6. The fraction of sp³-hybridized carbons (Fsp3) is 0.208. The zero-order valence-corrected chi connectivity index (χ0v) is 19.7. The lowest BCUT2D eigenvalue weighted by molar-refractivity contribution is 0.0997. The second-order valence-corrected chi connectivity index (χ2v) is 8.73. The van der Waals surface area contributed by atoms with Gasteiger partial charge in [0.25, 0.3) is 5.91 Å². The van der Waals surface area contributed by atoms with Crippen LogP contribution >= 0.6 is 0 Å². The van der Waals surface area contributed by atoms with E-state index in [9.17, 15) is 9.59 Å². The first-order chi connectivity index (χ1) is 16.6. The van der Waals surface area contributed by atoms with Gasteiger partial charge in [-0.3, -0.25) is 20.2 Å². The zero-order valence-electron chi connectivity index (χ0n) is 19.7. The van der Waals surface area contributed by atoms with Crippen LogP contribution in [0.15, 0.2) is 48.8 Å². The average molecular weight is 476 g/mol. The van der Waals surface area contributed by atoms with Crippen LogP contribution in [0.3, 0.4) is 0 Å². The number of primary amides is 1. The van der Waals surface area contributed by atoms with Gasteiger partial charge in [0.1, 0.15) is 17.3 Å². The molecule has 0 fully saturated rings. The van der Waals surface area contributed by atoms with E-state index in [-0.39, 0.29) is 16.9 Å². The number of urea groups is 1. The Kier molecular flexibility index (Phi) is 6.24. The number of amides is 3. The summed E-state index contributed by atoms with van der Waals surface area (Å²) in [6, 6.07) is 9.43. The van der Waals surface area contributed by atoms with Crippen molar-refractivity contribution < 1.29 is 19.1 Å². The Hall–Kier alpha value is -4.67. The summed E-state index contributed by atoms with van der Waals surface area (Å²) in [7, 11) is 1.45. The number of aromatic amines is 1. The lowest BCUT2D eigenvalue weighted by Gasteiger charge is -2.13. The van der Waals surface area contributed by atoms with E-state index < -0.39 is 11.9 Å². The van der Waals surface area contributed by atoms with E-state index in [1.807, 2.05) is 20.8 Å². The molecule has 11 heteroatoms. The van der Waals surface area contributed by atoms with E-state index in [1.54, 1.807) is 42.6 Å². The Balaban J connectivity index is 1.46. The minimum absolute atomic E-state index is 0.139. The molecule has 0 bridgehead atoms. The number of methoxy groups -OCH3 is 1. The van der Waals surface area contributed by atoms with E-state index in [4.69, 9.17) is 15.2 Å². The minimum Gasteiger partial charge on any atom is -0.496 e. The van der Waals surface area contributed by atoms with Gasteiger partial charge < -0.3 is 20.5 Å². The number of carbonyl (C=O) groups excluding carboxylic acids is 2. The number of aromatic nitrogens is 4. The largest absolute Gasteiger partial charge is 0.496 e. The summed E-state index contributed by atoms with van der Waals surface area (Å²) in [5.41, 5.74) is 7.40. The monoisotopic (exact) mass is 475 g/mol. The Morgan fingerprint density at radius 2 is 1.83 bits per heavy atom. The van der Waals surface area contributed by atoms with Gasteiger partial charge in [0.05, 0.1) is 35.8 Å². The van der Waals surface area contributed by atoms with Gasteiger partial charge in [-0.2, -0.15) is 5.10 Å². The van der Waals surface area contributed by atoms with Gasteiger partial charge in [0.15, 0.2) is 0 Å². The molecular formula is C24H25N7O4. The maximum Gasteiger partial charge on any atom is 0.324 e. The molecule has 0 radical (unpaired) electrons. The number of fused-ring (bicyclic) bond motifs is 1. The first-order valence-corrected chi connectivity index (χ1v) is 10.7. The molecule has 3 heterocycles. The third-order valence-corrected chi connectivity index (χ3v) is 5.09. The molecule has 1 aromatic carbocycles. The summed E-state index contributed by atoms with van der Waals surface area (Å²) in [6.45, 7) is 6.10. The van der Waals surface area contributed by atoms with Gasteiger partial charge in [-0.15, -0.1) is 0 Å². The number of nitrogens with zero attached hydrogens (tertiary/aromatic N) is 3. The lowest BCUT2D eigenvalue weighted by Crippen LogP contribution is -2.19. The minimum atomic E-state index is -0.629. The highest BCUT2D eigenvalue weighted by Crippen LogP contribution is 2.32. The molecule has 4 rings (SSSR count). The number of pyridine rings is 2. The van der Waals surface area contributed by atoms with Crippen molar-refractivity contribution in [1.82, 2.24) is 20.2 Å². The predicted molar refractivity (Wildman–Crippen MR) is 131 cm³/mol. The number of H-pyrrole nitrogens is 1. The third-order valence-electron chi connectivity index (χ3n) is 5.09. The highest BCUT2D eigenvalue weighted by molar-refractivity contribution is 6.01. The molecule has 0 saturated heterocycles. The van der Waals surface area contributed by atoms with E-state index >= 15 is 0 Å². The number of hydrogen-bond donors (Lipinski definition) is 4. The topological polar surface area (TPSA) is 157 Å². The molecule has 3 aromatic heterocycles. The summed E-state index contributed by atoms with van der Waals surface area (Å²) in [4.78, 5) is 32.7. The van der Waals surface area contributed by atoms with Gasteiger partial charge in [-0.25, -0.2) is 9.78 Å². The van der Waals surface area contributed by atoms with Crippen molar-refractivity contribution in [2.24, 2.45) is 5.73 Å². The van der Waals surface area contributed by atoms with Crippen molar-refractivity contribution in [2.75, 3.05) is 17.7 Å². The van der Waals surface area contributed by atoms with Gasteiger partial charge in [0.2, 0.25) is 5.88 Å². The van der Waals surface area contributed by atoms with E-state index in [0.29, 0.717) is 33.9 Å². The average Bonchev–Trinajstić information content (AvgIpc) is 3.28. The quantitative estimate of drug-likeness (QED) is 0.325. The Morgan fingerprint density at radius 3 is 2.46 bits per heavy atom. The van der Waals surface area contributed by atoms with Crippen LogP contribution < -0.4 is 25.8 Å². The van der Waals surface area contributed by atoms with Crippen LogP contribution in [0.25, 0.3) is 10.9 Å². The van der Waals surface area contributed by atoms with Crippen molar-refractivity contribution in [3.8, 4) is 17.4 Å². The van der Waals surface area contributed by atoms with Crippen molar-refractivity contribution >= 4 is 34.3 Å². The maximum atomic E-state index is 12.3. The number of anilines is 2. The first kappa shape index (κ1) is 23.5. The lowest BCUT2D eigenvalue weighted by atomic mass is 9.92. The molecular weight excluding hydrogens is 450 g/mol. The summed E-state index contributed by atoms with van der Waals surface area (Å²) in [6.07, 6.45) is 3.03. The number of nitrogens with one attached hydrogen (secondary N) is 3. The standard InChI is InChI=1S/C24H25N7O4/c1-24(2,3)19-11-20(31-30-19)29-23(33)28-13-5-6-21(27-12-13)35-17-7-8-26-16-10-18(34-4)15(22(25)32)9-14(16)17/h5-12H,1-4H3,(H2,25,32)(H3,28,29,30,31,33). The number of nitrogens with two attached hydrogens (primary N) is 1. The second-order valence-electron chi connectivity index (χ2n) is 8.73. The van der Waals surface area contributed by atoms with Gasteiger partial charge in [0, 0.05) is 35.2 Å². The first-order valence-electron chi connectivity index (χ1n) is 10.7. The Bertz CT molecular complexity index is 1390. The fourth-order valence-corrected chi connectivity index (χ4v) is 3.28. The molecule has 0 saturated carbocycles. The highest BCUT2D eigenvalue weighted by Gasteiger charge is 2.18. The van der Waals surface area contributed by atoms with Gasteiger partial charge in [-0.05, 0) is 18.2 Å². The zero-order chi connectivity index (χ0) is 25.2. The molecule has 0 aliphatic heterocycles. The molecule has 0 unspecified atom stereocenters. The number of ether oxygens (including phenoxy) is 2. The maximum absolute atomic E-state index is 12.3. The van der Waals surface area contributed by atoms with E-state index in [1.165, 1.54) is 13.3 Å².